The molecule has 0 spiro atoms. The van der Waals surface area contributed by atoms with Crippen molar-refractivity contribution in [2.75, 3.05) is 18.1 Å². The number of aryl methyl sites for hydroxylation is 1. The molecule has 4 aliphatic rings. The van der Waals surface area contributed by atoms with Crippen LogP contribution in [0.1, 0.15) is 76.7 Å². The third-order valence-corrected chi connectivity index (χ3v) is 9.53. The van der Waals surface area contributed by atoms with E-state index >= 15 is 4.39 Å². The molecule has 0 N–H and O–H groups in total. The van der Waals surface area contributed by atoms with E-state index < -0.39 is 29.2 Å². The van der Waals surface area contributed by atoms with Crippen LogP contribution in [0.15, 0.2) is 42.7 Å². The van der Waals surface area contributed by atoms with Gasteiger partial charge in [0.05, 0.1) is 30.7 Å². The van der Waals surface area contributed by atoms with Crippen molar-refractivity contribution in [2.24, 2.45) is 7.05 Å². The maximum atomic E-state index is 15.9. The van der Waals surface area contributed by atoms with E-state index in [-0.39, 0.29) is 36.7 Å². The Morgan fingerprint density at radius 3 is 2.49 bits per heavy atom. The lowest BCUT2D eigenvalue weighted by molar-refractivity contribution is -0.138. The van der Waals surface area contributed by atoms with Crippen LogP contribution in [0.2, 0.25) is 0 Å². The molecule has 216 valence electrons. The van der Waals surface area contributed by atoms with Gasteiger partial charge >= 0.3 is 6.18 Å². The minimum absolute atomic E-state index is 0.0117. The monoisotopic (exact) mass is 569 g/mol. The molecule has 3 saturated heterocycles. The van der Waals surface area contributed by atoms with Crippen molar-refractivity contribution >= 4 is 11.6 Å². The number of nitrogens with zero attached hydrogens (tertiary/aromatic N) is 5. The summed E-state index contributed by atoms with van der Waals surface area (Å²) in [5, 5.41) is 7.72. The number of hydrogen-bond donors (Lipinski definition) is 0. The van der Waals surface area contributed by atoms with Gasteiger partial charge in [0, 0.05) is 36.9 Å². The van der Waals surface area contributed by atoms with Crippen LogP contribution in [-0.2, 0) is 36.5 Å². The van der Waals surface area contributed by atoms with Gasteiger partial charge in [0.2, 0.25) is 0 Å². The lowest BCUT2D eigenvalue weighted by Crippen LogP contribution is -2.50. The number of aromatic nitrogens is 3. The van der Waals surface area contributed by atoms with Gasteiger partial charge in [-0.1, -0.05) is 18.6 Å². The number of benzene rings is 2. The average molecular weight is 570 g/mol. The third kappa shape index (κ3) is 4.27. The molecule has 7 nitrogen and oxygen atoms in total. The molecular weight excluding hydrogens is 538 g/mol. The molecule has 3 atom stereocenters. The van der Waals surface area contributed by atoms with Gasteiger partial charge in [0.25, 0.3) is 5.91 Å². The summed E-state index contributed by atoms with van der Waals surface area (Å²) in [6.45, 7) is 0.432. The van der Waals surface area contributed by atoms with Crippen LogP contribution in [0.25, 0.3) is 0 Å². The molecule has 0 saturated carbocycles. The molecule has 4 aliphatic heterocycles. The Bertz CT molecular complexity index is 1480. The van der Waals surface area contributed by atoms with Gasteiger partial charge in [-0.25, -0.2) is 4.39 Å². The predicted molar refractivity (Wildman–Crippen MR) is 142 cm³/mol. The fourth-order valence-electron chi connectivity index (χ4n) is 7.25. The van der Waals surface area contributed by atoms with Crippen molar-refractivity contribution in [3.05, 3.63) is 76.4 Å². The van der Waals surface area contributed by atoms with Gasteiger partial charge in [0.15, 0.2) is 12.0 Å². The molecular formula is C30H31F4N5O2. The van der Waals surface area contributed by atoms with E-state index in [4.69, 9.17) is 4.74 Å². The number of alkyl halides is 4. The van der Waals surface area contributed by atoms with Crippen LogP contribution in [0.3, 0.4) is 0 Å². The number of rotatable bonds is 6. The van der Waals surface area contributed by atoms with Crippen LogP contribution < -0.4 is 4.90 Å². The Balaban J connectivity index is 1.21. The van der Waals surface area contributed by atoms with Gasteiger partial charge in [0.1, 0.15) is 6.33 Å². The second-order valence-electron chi connectivity index (χ2n) is 11.9. The summed E-state index contributed by atoms with van der Waals surface area (Å²) in [5.74, 6) is -0.317. The molecule has 3 fully saturated rings. The maximum absolute atomic E-state index is 15.9. The molecule has 7 rings (SSSR count). The van der Waals surface area contributed by atoms with Gasteiger partial charge in [-0.2, -0.15) is 13.2 Å². The predicted octanol–water partition coefficient (Wildman–Crippen LogP) is 5.49. The number of ether oxygens (including phenoxy) is 1. The fourth-order valence-corrected chi connectivity index (χ4v) is 7.25. The lowest BCUT2D eigenvalue weighted by atomic mass is 9.74. The van der Waals surface area contributed by atoms with E-state index in [0.717, 1.165) is 32.1 Å². The van der Waals surface area contributed by atoms with Crippen LogP contribution >= 0.6 is 0 Å². The minimum Gasteiger partial charge on any atom is -0.379 e. The van der Waals surface area contributed by atoms with Gasteiger partial charge < -0.3 is 14.2 Å². The van der Waals surface area contributed by atoms with Crippen LogP contribution in [0, 0.1) is 0 Å². The van der Waals surface area contributed by atoms with Crippen molar-refractivity contribution in [3.8, 4) is 0 Å². The maximum Gasteiger partial charge on any atom is 0.416 e. The number of carbonyl (C=O) groups excluding carboxylic acids is 1. The topological polar surface area (TPSA) is 63.5 Å². The Labute approximate surface area is 235 Å². The van der Waals surface area contributed by atoms with Gasteiger partial charge in [-0.3, -0.25) is 9.69 Å². The van der Waals surface area contributed by atoms with E-state index in [2.05, 4.69) is 15.1 Å². The van der Waals surface area contributed by atoms with Crippen molar-refractivity contribution < 1.29 is 27.1 Å². The summed E-state index contributed by atoms with van der Waals surface area (Å²) in [5.41, 5.74) is -0.174. The fraction of sp³-hybridized carbons (Fsp3) is 0.500. The molecule has 11 heteroatoms. The zero-order valence-electron chi connectivity index (χ0n) is 22.7. The SMILES string of the molecule is Cn1cnnc1C(F)C1(c2cccc(N3Cc4c(cc(CN5C6CCCC5CC6)cc4C(F)(F)F)C3=O)c2)COC1. The summed E-state index contributed by atoms with van der Waals surface area (Å²) < 4.78 is 65.9. The molecule has 1 amide bonds. The number of fused-ring (bicyclic) bond motifs is 3. The van der Waals surface area contributed by atoms with Crippen molar-refractivity contribution in [3.63, 3.8) is 0 Å². The van der Waals surface area contributed by atoms with Crippen LogP contribution in [0.4, 0.5) is 23.2 Å². The van der Waals surface area contributed by atoms with Crippen LogP contribution in [0.5, 0.6) is 0 Å². The van der Waals surface area contributed by atoms with Gasteiger partial charge in [-0.05, 0) is 66.6 Å². The quantitative estimate of drug-likeness (QED) is 0.368. The first-order chi connectivity index (χ1) is 19.7. The number of piperidine rings is 1. The van der Waals surface area contributed by atoms with Crippen molar-refractivity contribution in [1.29, 1.82) is 0 Å². The van der Waals surface area contributed by atoms with E-state index in [0.29, 0.717) is 35.4 Å². The highest BCUT2D eigenvalue weighted by Crippen LogP contribution is 2.47. The molecule has 3 aromatic rings. The second-order valence-corrected chi connectivity index (χ2v) is 11.9. The Kier molecular flexibility index (Phi) is 6.24. The van der Waals surface area contributed by atoms with Gasteiger partial charge in [-0.15, -0.1) is 10.2 Å². The zero-order valence-corrected chi connectivity index (χ0v) is 22.7. The lowest BCUT2D eigenvalue weighted by Gasteiger charge is -2.43. The summed E-state index contributed by atoms with van der Waals surface area (Å²) in [7, 11) is 1.66. The first-order valence-electron chi connectivity index (χ1n) is 14.1. The second kappa shape index (κ2) is 9.62. The number of anilines is 1. The Morgan fingerprint density at radius 2 is 1.85 bits per heavy atom. The standard InChI is InChI=1S/C30H31F4N5O2/c1-37-17-35-36-27(37)26(31)29(15-41-16-29)19-4-2-7-22(12-19)39-14-24-23(28(39)40)10-18(11-25(24)30(32,33)34)13-38-20-5-3-6-21(38)9-8-20/h2,4,7,10-12,17,20-21,26H,3,5-6,8-9,13-16H2,1H3. The molecule has 2 aromatic carbocycles. The van der Waals surface area contributed by atoms with E-state index in [1.807, 2.05) is 0 Å². The van der Waals surface area contributed by atoms with E-state index in [9.17, 15) is 18.0 Å². The highest BCUT2D eigenvalue weighted by Gasteiger charge is 2.51. The molecule has 3 unspecified atom stereocenters. The molecule has 41 heavy (non-hydrogen) atoms. The first-order valence-corrected chi connectivity index (χ1v) is 14.1. The van der Waals surface area contributed by atoms with E-state index in [1.54, 1.807) is 37.4 Å². The Hall–Kier alpha value is -3.31. The first kappa shape index (κ1) is 26.6. The van der Waals surface area contributed by atoms with Crippen molar-refractivity contribution in [2.45, 2.75) is 75.0 Å². The molecule has 1 aromatic heterocycles. The highest BCUT2D eigenvalue weighted by molar-refractivity contribution is 6.10. The minimum atomic E-state index is -4.59. The molecule has 2 bridgehead atoms. The van der Waals surface area contributed by atoms with Crippen molar-refractivity contribution in [1.82, 2.24) is 19.7 Å². The summed E-state index contributed by atoms with van der Waals surface area (Å²) in [6.07, 6.45) is 0.763. The number of carbonyl (C=O) groups is 1. The highest BCUT2D eigenvalue weighted by atomic mass is 19.4. The Morgan fingerprint density at radius 1 is 1.10 bits per heavy atom. The smallest absolute Gasteiger partial charge is 0.379 e. The number of halogens is 4. The summed E-state index contributed by atoms with van der Waals surface area (Å²) >= 11 is 0. The number of amides is 1. The molecule has 0 aliphatic carbocycles. The average Bonchev–Trinajstić information content (AvgIpc) is 3.54. The zero-order chi connectivity index (χ0) is 28.5. The van der Waals surface area contributed by atoms with E-state index in [1.165, 1.54) is 21.9 Å². The largest absolute Gasteiger partial charge is 0.416 e. The summed E-state index contributed by atoms with van der Waals surface area (Å²) in [6, 6.07) is 10.5. The van der Waals surface area contributed by atoms with Crippen LogP contribution in [-0.4, -0.2) is 50.9 Å². The normalized spacial score (nSPS) is 24.4. The summed E-state index contributed by atoms with van der Waals surface area (Å²) in [4.78, 5) is 17.4. The third-order valence-electron chi connectivity index (χ3n) is 9.53. The molecule has 0 radical (unpaired) electrons. The number of hydrogen-bond acceptors (Lipinski definition) is 5. The molecule has 5 heterocycles.